The fourth-order valence-corrected chi connectivity index (χ4v) is 3.84. The molecule has 6 nitrogen and oxygen atoms in total. The summed E-state index contributed by atoms with van der Waals surface area (Å²) in [6, 6.07) is 6.06. The SMILES string of the molecule is Cn1nccc1C1CCN(C(=O)Nc2ccc3c(n2)CCC3)CC1. The standard InChI is InChI=1S/C18H23N5O/c1-22-16(7-10-19-22)14-8-11-23(12-9-14)18(24)21-17-6-5-13-3-2-4-15(13)20-17/h5-7,10,14H,2-4,8-9,11-12H2,1H3,(H,20,21,24). The first-order valence-electron chi connectivity index (χ1n) is 8.73. The molecule has 24 heavy (non-hydrogen) atoms. The molecule has 1 N–H and O–H groups in total. The lowest BCUT2D eigenvalue weighted by Crippen LogP contribution is -2.41. The van der Waals surface area contributed by atoms with Crippen molar-refractivity contribution in [2.45, 2.75) is 38.0 Å². The Kier molecular flexibility index (Phi) is 3.96. The normalized spacial score (nSPS) is 17.8. The number of aromatic nitrogens is 3. The monoisotopic (exact) mass is 325 g/mol. The summed E-state index contributed by atoms with van der Waals surface area (Å²) in [7, 11) is 1.98. The minimum atomic E-state index is -0.0381. The number of hydrogen-bond donors (Lipinski definition) is 1. The fraction of sp³-hybridized carbons (Fsp3) is 0.500. The van der Waals surface area contributed by atoms with E-state index in [2.05, 4.69) is 27.5 Å². The lowest BCUT2D eigenvalue weighted by Gasteiger charge is -2.32. The molecule has 2 amide bonds. The quantitative estimate of drug-likeness (QED) is 0.923. The molecule has 2 aromatic rings. The van der Waals surface area contributed by atoms with Gasteiger partial charge in [0.25, 0.3) is 0 Å². The summed E-state index contributed by atoms with van der Waals surface area (Å²) in [5.74, 6) is 1.16. The predicted molar refractivity (Wildman–Crippen MR) is 92.0 cm³/mol. The smallest absolute Gasteiger partial charge is 0.323 e. The second-order valence-corrected chi connectivity index (χ2v) is 6.73. The van der Waals surface area contributed by atoms with Crippen molar-refractivity contribution in [3.8, 4) is 0 Å². The number of nitrogens with one attached hydrogen (secondary N) is 1. The molecule has 0 radical (unpaired) electrons. The molecule has 1 saturated heterocycles. The maximum absolute atomic E-state index is 12.5. The third kappa shape index (κ3) is 2.88. The van der Waals surface area contributed by atoms with Crippen LogP contribution in [0.25, 0.3) is 0 Å². The topological polar surface area (TPSA) is 63.1 Å². The molecule has 6 heteroatoms. The van der Waals surface area contributed by atoms with Gasteiger partial charge >= 0.3 is 6.03 Å². The second kappa shape index (κ2) is 6.26. The van der Waals surface area contributed by atoms with E-state index in [-0.39, 0.29) is 6.03 Å². The highest BCUT2D eigenvalue weighted by atomic mass is 16.2. The van der Waals surface area contributed by atoms with Crippen LogP contribution < -0.4 is 5.32 Å². The zero-order valence-corrected chi connectivity index (χ0v) is 14.0. The largest absolute Gasteiger partial charge is 0.324 e. The Hall–Kier alpha value is -2.37. The van der Waals surface area contributed by atoms with Crippen LogP contribution in [-0.4, -0.2) is 38.8 Å². The number of urea groups is 1. The van der Waals surface area contributed by atoms with E-state index in [9.17, 15) is 4.79 Å². The Labute approximate surface area is 141 Å². The molecular formula is C18H23N5O. The van der Waals surface area contributed by atoms with Crippen molar-refractivity contribution in [3.05, 3.63) is 41.3 Å². The first-order valence-corrected chi connectivity index (χ1v) is 8.73. The van der Waals surface area contributed by atoms with Crippen molar-refractivity contribution in [1.29, 1.82) is 0 Å². The number of aryl methyl sites for hydroxylation is 3. The number of pyridine rings is 1. The van der Waals surface area contributed by atoms with Gasteiger partial charge in [-0.15, -0.1) is 0 Å². The van der Waals surface area contributed by atoms with Gasteiger partial charge in [-0.3, -0.25) is 10.00 Å². The van der Waals surface area contributed by atoms with Crippen LogP contribution in [0.1, 0.15) is 42.1 Å². The van der Waals surface area contributed by atoms with Gasteiger partial charge in [0.05, 0.1) is 0 Å². The minimum Gasteiger partial charge on any atom is -0.324 e. The highest BCUT2D eigenvalue weighted by molar-refractivity contribution is 5.88. The van der Waals surface area contributed by atoms with Crippen LogP contribution in [-0.2, 0) is 19.9 Å². The molecule has 0 spiro atoms. The average molecular weight is 325 g/mol. The number of amides is 2. The van der Waals surface area contributed by atoms with E-state index < -0.39 is 0 Å². The van der Waals surface area contributed by atoms with Gasteiger partial charge in [0.1, 0.15) is 5.82 Å². The third-order valence-electron chi connectivity index (χ3n) is 5.22. The zero-order valence-electron chi connectivity index (χ0n) is 14.0. The Morgan fingerprint density at radius 1 is 1.21 bits per heavy atom. The summed E-state index contributed by atoms with van der Waals surface area (Å²) in [4.78, 5) is 19.0. The molecule has 126 valence electrons. The Morgan fingerprint density at radius 3 is 2.79 bits per heavy atom. The number of carbonyl (C=O) groups excluding carboxylic acids is 1. The van der Waals surface area contributed by atoms with Crippen LogP contribution in [0.2, 0.25) is 0 Å². The van der Waals surface area contributed by atoms with Crippen molar-refractivity contribution in [1.82, 2.24) is 19.7 Å². The number of hydrogen-bond acceptors (Lipinski definition) is 3. The molecular weight excluding hydrogens is 302 g/mol. The number of likely N-dealkylation sites (tertiary alicyclic amines) is 1. The van der Waals surface area contributed by atoms with Gasteiger partial charge in [-0.1, -0.05) is 6.07 Å². The van der Waals surface area contributed by atoms with Gasteiger partial charge in [0.15, 0.2) is 0 Å². The predicted octanol–water partition coefficient (Wildman–Crippen LogP) is 2.72. The zero-order chi connectivity index (χ0) is 16.5. The molecule has 2 aromatic heterocycles. The van der Waals surface area contributed by atoms with E-state index in [1.54, 1.807) is 0 Å². The molecule has 0 bridgehead atoms. The van der Waals surface area contributed by atoms with Crippen molar-refractivity contribution in [3.63, 3.8) is 0 Å². The van der Waals surface area contributed by atoms with E-state index in [4.69, 9.17) is 0 Å². The lowest BCUT2D eigenvalue weighted by molar-refractivity contribution is 0.193. The van der Waals surface area contributed by atoms with Crippen LogP contribution in [0, 0.1) is 0 Å². The molecule has 2 aliphatic rings. The minimum absolute atomic E-state index is 0.0381. The number of anilines is 1. The number of rotatable bonds is 2. The Bertz CT molecular complexity index is 746. The average Bonchev–Trinajstić information content (AvgIpc) is 3.23. The summed E-state index contributed by atoms with van der Waals surface area (Å²) < 4.78 is 1.94. The van der Waals surface area contributed by atoms with Crippen LogP contribution in [0.5, 0.6) is 0 Å². The summed E-state index contributed by atoms with van der Waals surface area (Å²) in [6.45, 7) is 1.54. The van der Waals surface area contributed by atoms with E-state index in [0.29, 0.717) is 11.7 Å². The fourth-order valence-electron chi connectivity index (χ4n) is 3.84. The number of piperidine rings is 1. The van der Waals surface area contributed by atoms with Crippen molar-refractivity contribution >= 4 is 11.8 Å². The molecule has 3 heterocycles. The number of carbonyl (C=O) groups is 1. The van der Waals surface area contributed by atoms with Crippen molar-refractivity contribution in [2.75, 3.05) is 18.4 Å². The van der Waals surface area contributed by atoms with Gasteiger partial charge in [0.2, 0.25) is 0 Å². The molecule has 0 saturated carbocycles. The molecule has 1 fully saturated rings. The van der Waals surface area contributed by atoms with Crippen LogP contribution >= 0.6 is 0 Å². The van der Waals surface area contributed by atoms with E-state index in [0.717, 1.165) is 44.5 Å². The first kappa shape index (κ1) is 15.2. The van der Waals surface area contributed by atoms with E-state index in [1.807, 2.05) is 28.9 Å². The number of fused-ring (bicyclic) bond motifs is 1. The summed E-state index contributed by atoms with van der Waals surface area (Å²) in [6.07, 6.45) is 7.09. The molecule has 4 rings (SSSR count). The van der Waals surface area contributed by atoms with Gasteiger partial charge in [-0.25, -0.2) is 9.78 Å². The van der Waals surface area contributed by atoms with Gasteiger partial charge < -0.3 is 4.90 Å². The summed E-state index contributed by atoms with van der Waals surface area (Å²) in [5, 5.41) is 7.21. The molecule has 0 unspecified atom stereocenters. The number of nitrogens with zero attached hydrogens (tertiary/aromatic N) is 4. The highest BCUT2D eigenvalue weighted by Crippen LogP contribution is 2.28. The highest BCUT2D eigenvalue weighted by Gasteiger charge is 2.25. The molecule has 0 aromatic carbocycles. The molecule has 1 aliphatic carbocycles. The van der Waals surface area contributed by atoms with Gasteiger partial charge in [0, 0.05) is 43.6 Å². The van der Waals surface area contributed by atoms with Crippen LogP contribution in [0.15, 0.2) is 24.4 Å². The van der Waals surface area contributed by atoms with Crippen molar-refractivity contribution < 1.29 is 4.79 Å². The summed E-state index contributed by atoms with van der Waals surface area (Å²) in [5.41, 5.74) is 3.73. The van der Waals surface area contributed by atoms with Crippen molar-refractivity contribution in [2.24, 2.45) is 7.05 Å². The molecule has 1 aliphatic heterocycles. The molecule has 0 atom stereocenters. The Morgan fingerprint density at radius 2 is 2.04 bits per heavy atom. The third-order valence-corrected chi connectivity index (χ3v) is 5.22. The second-order valence-electron chi connectivity index (χ2n) is 6.73. The maximum atomic E-state index is 12.5. The lowest BCUT2D eigenvalue weighted by atomic mass is 9.93. The van der Waals surface area contributed by atoms with Gasteiger partial charge in [-0.2, -0.15) is 5.10 Å². The van der Waals surface area contributed by atoms with Crippen LogP contribution in [0.4, 0.5) is 10.6 Å². The first-order chi connectivity index (χ1) is 11.7. The maximum Gasteiger partial charge on any atom is 0.323 e. The van der Waals surface area contributed by atoms with Gasteiger partial charge in [-0.05, 0) is 49.8 Å². The van der Waals surface area contributed by atoms with E-state index >= 15 is 0 Å². The Balaban J connectivity index is 1.35. The van der Waals surface area contributed by atoms with E-state index in [1.165, 1.54) is 17.7 Å². The van der Waals surface area contributed by atoms with Crippen LogP contribution in [0.3, 0.4) is 0 Å². The summed E-state index contributed by atoms with van der Waals surface area (Å²) >= 11 is 0.